The monoisotopic (exact) mass is 220 g/mol. The Labute approximate surface area is 95.1 Å². The quantitative estimate of drug-likeness (QED) is 0.800. The number of nitrogens with one attached hydrogen (secondary N) is 1. The van der Waals surface area contributed by atoms with Crippen LogP contribution < -0.4 is 5.32 Å². The molecule has 1 aromatic heterocycles. The Morgan fingerprint density at radius 1 is 1.20 bits per heavy atom. The molecule has 0 bridgehead atoms. The van der Waals surface area contributed by atoms with Crippen LogP contribution in [-0.2, 0) is 0 Å². The maximum absolute atomic E-state index is 4.35. The van der Waals surface area contributed by atoms with Crippen LogP contribution in [0.1, 0.15) is 18.0 Å². The summed E-state index contributed by atoms with van der Waals surface area (Å²) in [6, 6.07) is 11.0. The molecular formula is C12H13ClN2. The lowest BCUT2D eigenvalue weighted by molar-refractivity contribution is 0.385. The van der Waals surface area contributed by atoms with Crippen LogP contribution in [0.4, 0.5) is 0 Å². The third-order valence-corrected chi connectivity index (χ3v) is 2.88. The second kappa shape index (κ2) is 4.17. The second-order valence-electron chi connectivity index (χ2n) is 3.71. The van der Waals surface area contributed by atoms with Crippen molar-refractivity contribution in [1.82, 2.24) is 10.3 Å². The number of rotatable bonds is 1. The zero-order valence-electron chi connectivity index (χ0n) is 8.31. The zero-order chi connectivity index (χ0) is 9.38. The number of hydrogen-bond donors (Lipinski definition) is 1. The van der Waals surface area contributed by atoms with Gasteiger partial charge in [0.05, 0.1) is 5.52 Å². The summed E-state index contributed by atoms with van der Waals surface area (Å²) in [5.74, 6) is 0. The average molecular weight is 221 g/mol. The summed E-state index contributed by atoms with van der Waals surface area (Å²) in [4.78, 5) is 4.35. The van der Waals surface area contributed by atoms with Crippen molar-refractivity contribution in [3.8, 4) is 0 Å². The zero-order valence-corrected chi connectivity index (χ0v) is 9.13. The summed E-state index contributed by atoms with van der Waals surface area (Å²) in [5.41, 5.74) is 2.49. The van der Waals surface area contributed by atoms with E-state index in [9.17, 15) is 0 Å². The molecule has 2 aromatic rings. The van der Waals surface area contributed by atoms with E-state index >= 15 is 0 Å². The molecule has 1 aromatic carbocycles. The van der Waals surface area contributed by atoms with Gasteiger partial charge in [0.2, 0.25) is 0 Å². The first-order chi connectivity index (χ1) is 6.95. The number of pyridine rings is 1. The molecule has 3 rings (SSSR count). The van der Waals surface area contributed by atoms with Crippen molar-refractivity contribution in [3.63, 3.8) is 0 Å². The summed E-state index contributed by atoms with van der Waals surface area (Å²) in [6.45, 7) is 1.14. The van der Waals surface area contributed by atoms with Gasteiger partial charge in [-0.25, -0.2) is 0 Å². The Morgan fingerprint density at radius 2 is 2.00 bits per heavy atom. The third-order valence-electron chi connectivity index (χ3n) is 2.88. The van der Waals surface area contributed by atoms with E-state index in [1.54, 1.807) is 0 Å². The SMILES string of the molecule is Cl.c1ccc2c([C@H]3CCN3)ccnc2c1. The van der Waals surface area contributed by atoms with Gasteiger partial charge in [-0.05, 0) is 30.7 Å². The molecule has 0 radical (unpaired) electrons. The number of benzene rings is 1. The number of para-hydroxylation sites is 1. The van der Waals surface area contributed by atoms with E-state index in [0.29, 0.717) is 6.04 Å². The third kappa shape index (κ3) is 1.71. The minimum atomic E-state index is 0. The van der Waals surface area contributed by atoms with Gasteiger partial charge in [0.25, 0.3) is 0 Å². The molecule has 0 spiro atoms. The lowest BCUT2D eigenvalue weighted by atomic mass is 9.95. The maximum Gasteiger partial charge on any atom is 0.0705 e. The largest absolute Gasteiger partial charge is 0.310 e. The smallest absolute Gasteiger partial charge is 0.0705 e. The first-order valence-corrected chi connectivity index (χ1v) is 5.02. The van der Waals surface area contributed by atoms with E-state index in [2.05, 4.69) is 34.6 Å². The van der Waals surface area contributed by atoms with Crippen molar-refractivity contribution in [3.05, 3.63) is 42.1 Å². The number of halogens is 1. The molecule has 0 amide bonds. The molecule has 78 valence electrons. The lowest BCUT2D eigenvalue weighted by Crippen LogP contribution is -2.35. The summed E-state index contributed by atoms with van der Waals surface area (Å²) in [7, 11) is 0. The maximum atomic E-state index is 4.35. The first-order valence-electron chi connectivity index (χ1n) is 5.02. The minimum Gasteiger partial charge on any atom is -0.310 e. The van der Waals surface area contributed by atoms with Crippen molar-refractivity contribution in [2.24, 2.45) is 0 Å². The number of hydrogen-bond acceptors (Lipinski definition) is 2. The summed E-state index contributed by atoms with van der Waals surface area (Å²) < 4.78 is 0. The predicted molar refractivity (Wildman–Crippen MR) is 64.4 cm³/mol. The number of aromatic nitrogens is 1. The Morgan fingerprint density at radius 3 is 2.73 bits per heavy atom. The van der Waals surface area contributed by atoms with E-state index in [4.69, 9.17) is 0 Å². The molecule has 0 unspecified atom stereocenters. The highest BCUT2D eigenvalue weighted by molar-refractivity contribution is 5.85. The Kier molecular flexibility index (Phi) is 2.89. The summed E-state index contributed by atoms with van der Waals surface area (Å²) >= 11 is 0. The highest BCUT2D eigenvalue weighted by Crippen LogP contribution is 2.28. The van der Waals surface area contributed by atoms with Gasteiger partial charge in [-0.1, -0.05) is 18.2 Å². The fourth-order valence-corrected chi connectivity index (χ4v) is 1.98. The minimum absolute atomic E-state index is 0. The van der Waals surface area contributed by atoms with Gasteiger partial charge in [0.1, 0.15) is 0 Å². The van der Waals surface area contributed by atoms with Gasteiger partial charge in [-0.2, -0.15) is 0 Å². The van der Waals surface area contributed by atoms with Crippen LogP contribution in [0, 0.1) is 0 Å². The van der Waals surface area contributed by atoms with Crippen LogP contribution in [-0.4, -0.2) is 11.5 Å². The summed E-state index contributed by atoms with van der Waals surface area (Å²) in [5, 5.41) is 4.71. The first kappa shape index (κ1) is 10.4. The summed E-state index contributed by atoms with van der Waals surface area (Å²) in [6.07, 6.45) is 3.14. The van der Waals surface area contributed by atoms with Crippen molar-refractivity contribution in [1.29, 1.82) is 0 Å². The normalized spacial score (nSPS) is 19.3. The van der Waals surface area contributed by atoms with Gasteiger partial charge in [0, 0.05) is 17.6 Å². The van der Waals surface area contributed by atoms with E-state index in [1.165, 1.54) is 17.4 Å². The molecule has 1 atom stereocenters. The fraction of sp³-hybridized carbons (Fsp3) is 0.250. The van der Waals surface area contributed by atoms with Crippen LogP contribution in [0.3, 0.4) is 0 Å². The number of nitrogens with zero attached hydrogens (tertiary/aromatic N) is 1. The molecule has 1 aliphatic heterocycles. The van der Waals surface area contributed by atoms with Crippen LogP contribution in [0.25, 0.3) is 10.9 Å². The molecule has 1 fully saturated rings. The van der Waals surface area contributed by atoms with Gasteiger partial charge in [-0.3, -0.25) is 4.98 Å². The van der Waals surface area contributed by atoms with Gasteiger partial charge < -0.3 is 5.32 Å². The van der Waals surface area contributed by atoms with Gasteiger partial charge in [-0.15, -0.1) is 12.4 Å². The molecule has 2 heterocycles. The Balaban J connectivity index is 0.000000853. The fourth-order valence-electron chi connectivity index (χ4n) is 1.98. The second-order valence-corrected chi connectivity index (χ2v) is 3.71. The van der Waals surface area contributed by atoms with E-state index in [0.717, 1.165) is 12.1 Å². The molecule has 2 nitrogen and oxygen atoms in total. The Bertz CT molecular complexity index is 461. The molecular weight excluding hydrogens is 208 g/mol. The van der Waals surface area contributed by atoms with Crippen molar-refractivity contribution < 1.29 is 0 Å². The predicted octanol–water partition coefficient (Wildman–Crippen LogP) is 2.69. The highest BCUT2D eigenvalue weighted by atomic mass is 35.5. The molecule has 15 heavy (non-hydrogen) atoms. The van der Waals surface area contributed by atoms with Crippen LogP contribution in [0.2, 0.25) is 0 Å². The molecule has 0 saturated carbocycles. The topological polar surface area (TPSA) is 24.9 Å². The van der Waals surface area contributed by atoms with Crippen LogP contribution >= 0.6 is 12.4 Å². The van der Waals surface area contributed by atoms with Gasteiger partial charge in [0.15, 0.2) is 0 Å². The standard InChI is InChI=1S/C12H12N2.ClH/c1-2-4-11-9(3-1)10(5-7-13-11)12-6-8-14-12;/h1-5,7,12,14H,6,8H2;1H/t12-;/m1./s1. The van der Waals surface area contributed by atoms with Gasteiger partial charge >= 0.3 is 0 Å². The van der Waals surface area contributed by atoms with E-state index in [1.807, 2.05) is 12.3 Å². The van der Waals surface area contributed by atoms with Crippen LogP contribution in [0.5, 0.6) is 0 Å². The lowest BCUT2D eigenvalue weighted by Gasteiger charge is -2.28. The van der Waals surface area contributed by atoms with Crippen molar-refractivity contribution in [2.45, 2.75) is 12.5 Å². The average Bonchev–Trinajstić information content (AvgIpc) is 2.16. The Hall–Kier alpha value is -1.12. The number of fused-ring (bicyclic) bond motifs is 1. The molecule has 1 N–H and O–H groups in total. The van der Waals surface area contributed by atoms with Crippen molar-refractivity contribution in [2.75, 3.05) is 6.54 Å². The molecule has 1 saturated heterocycles. The molecule has 1 aliphatic rings. The molecule has 3 heteroatoms. The molecule has 0 aliphatic carbocycles. The van der Waals surface area contributed by atoms with E-state index in [-0.39, 0.29) is 12.4 Å². The van der Waals surface area contributed by atoms with E-state index < -0.39 is 0 Å². The van der Waals surface area contributed by atoms with Crippen LogP contribution in [0.15, 0.2) is 36.5 Å². The highest BCUT2D eigenvalue weighted by Gasteiger charge is 2.20. The van der Waals surface area contributed by atoms with Crippen molar-refractivity contribution >= 4 is 23.3 Å².